The molecule has 2 heterocycles. The molecule has 1 amide bonds. The number of benzene rings is 4. The first-order valence-electron chi connectivity index (χ1n) is 14.7. The number of aryl methyl sites for hydroxylation is 1. The summed E-state index contributed by atoms with van der Waals surface area (Å²) in [5, 5.41) is 4.28. The van der Waals surface area contributed by atoms with Gasteiger partial charge in [0.15, 0.2) is 0 Å². The summed E-state index contributed by atoms with van der Waals surface area (Å²) in [6, 6.07) is 39.3. The summed E-state index contributed by atoms with van der Waals surface area (Å²) in [6.45, 7) is 3.80. The lowest BCUT2D eigenvalue weighted by Crippen LogP contribution is -2.25. The van der Waals surface area contributed by atoms with Crippen LogP contribution in [0, 0.1) is 6.92 Å². The number of aromatic nitrogens is 2. The van der Waals surface area contributed by atoms with Gasteiger partial charge in [-0.2, -0.15) is 0 Å². The van der Waals surface area contributed by atoms with Gasteiger partial charge in [-0.25, -0.2) is 0 Å². The molecule has 0 unspecified atom stereocenters. The lowest BCUT2D eigenvalue weighted by Gasteiger charge is -2.18. The van der Waals surface area contributed by atoms with Crippen LogP contribution >= 0.6 is 0 Å². The third-order valence-electron chi connectivity index (χ3n) is 7.81. The molecule has 1 N–H and O–H groups in total. The van der Waals surface area contributed by atoms with E-state index in [1.54, 1.807) is 12.4 Å². The van der Waals surface area contributed by atoms with Crippen LogP contribution in [0.15, 0.2) is 134 Å². The van der Waals surface area contributed by atoms with Gasteiger partial charge in [-0.3, -0.25) is 9.78 Å². The second-order valence-electron chi connectivity index (χ2n) is 11.0. The van der Waals surface area contributed by atoms with E-state index in [0.717, 1.165) is 45.5 Å². The molecule has 0 radical (unpaired) electrons. The fourth-order valence-electron chi connectivity index (χ4n) is 5.50. The van der Waals surface area contributed by atoms with Crippen LogP contribution in [0.4, 0.5) is 0 Å². The Hall–Kier alpha value is -5.16. The number of rotatable bonds is 11. The molecule has 0 spiro atoms. The molecule has 214 valence electrons. The topological polar surface area (TPSA) is 56.2 Å². The van der Waals surface area contributed by atoms with Crippen molar-refractivity contribution in [2.75, 3.05) is 0 Å². The fourth-order valence-corrected chi connectivity index (χ4v) is 5.50. The van der Waals surface area contributed by atoms with Gasteiger partial charge in [0.05, 0.1) is 0 Å². The molecular weight excluding hydrogens is 530 g/mol. The van der Waals surface area contributed by atoms with E-state index in [9.17, 15) is 4.79 Å². The van der Waals surface area contributed by atoms with E-state index in [2.05, 4.69) is 101 Å². The highest BCUT2D eigenvalue weighted by Crippen LogP contribution is 2.36. The summed E-state index contributed by atoms with van der Waals surface area (Å²) in [7, 11) is 0. The first kappa shape index (κ1) is 28.0. The van der Waals surface area contributed by atoms with Crippen molar-refractivity contribution in [2.24, 2.45) is 0 Å². The van der Waals surface area contributed by atoms with Crippen molar-refractivity contribution in [3.05, 3.63) is 167 Å². The molecule has 5 heteroatoms. The number of nitrogens with zero attached hydrogens (tertiary/aromatic N) is 2. The van der Waals surface area contributed by atoms with Crippen molar-refractivity contribution in [1.82, 2.24) is 14.9 Å². The molecule has 2 aromatic heterocycles. The molecule has 4 aromatic carbocycles. The van der Waals surface area contributed by atoms with Crippen LogP contribution in [-0.4, -0.2) is 15.5 Å². The van der Waals surface area contributed by atoms with Crippen LogP contribution in [0.3, 0.4) is 0 Å². The van der Waals surface area contributed by atoms with Crippen molar-refractivity contribution >= 4 is 16.8 Å². The Bertz CT molecular complexity index is 1790. The number of pyridine rings is 1. The van der Waals surface area contributed by atoms with E-state index in [1.807, 2.05) is 42.5 Å². The fraction of sp³-hybridized carbons (Fsp3) is 0.158. The van der Waals surface area contributed by atoms with E-state index in [-0.39, 0.29) is 11.8 Å². The molecule has 0 fully saturated rings. The maximum absolute atomic E-state index is 13.5. The summed E-state index contributed by atoms with van der Waals surface area (Å²) in [6.07, 6.45) is 6.02. The quantitative estimate of drug-likeness (QED) is 0.174. The molecule has 0 aliphatic rings. The van der Waals surface area contributed by atoms with Crippen LogP contribution in [0.5, 0.6) is 5.75 Å². The highest BCUT2D eigenvalue weighted by Gasteiger charge is 2.23. The number of hydrogen-bond donors (Lipinski definition) is 1. The van der Waals surface area contributed by atoms with Gasteiger partial charge < -0.3 is 14.6 Å². The zero-order chi connectivity index (χ0) is 29.4. The average Bonchev–Trinajstić information content (AvgIpc) is 3.41. The predicted molar refractivity (Wildman–Crippen MR) is 172 cm³/mol. The summed E-state index contributed by atoms with van der Waals surface area (Å²) in [5.74, 6) is 0.613. The minimum atomic E-state index is -0.165. The Morgan fingerprint density at radius 3 is 2.40 bits per heavy atom. The van der Waals surface area contributed by atoms with Crippen LogP contribution in [0.1, 0.15) is 45.7 Å². The molecule has 0 saturated carbocycles. The largest absolute Gasteiger partial charge is 0.489 e. The zero-order valence-electron chi connectivity index (χ0n) is 24.3. The third kappa shape index (κ3) is 7.02. The van der Waals surface area contributed by atoms with Gasteiger partial charge in [-0.05, 0) is 65.1 Å². The predicted octanol–water partition coefficient (Wildman–Crippen LogP) is 7.81. The molecule has 6 aromatic rings. The zero-order valence-corrected chi connectivity index (χ0v) is 24.3. The molecule has 0 bridgehead atoms. The Balaban J connectivity index is 1.33. The number of amides is 1. The monoisotopic (exact) mass is 565 g/mol. The van der Waals surface area contributed by atoms with Gasteiger partial charge in [-0.15, -0.1) is 0 Å². The van der Waals surface area contributed by atoms with Crippen molar-refractivity contribution in [3.63, 3.8) is 0 Å². The molecule has 5 nitrogen and oxygen atoms in total. The highest BCUT2D eigenvalue weighted by atomic mass is 16.5. The minimum Gasteiger partial charge on any atom is -0.489 e. The first-order valence-corrected chi connectivity index (χ1v) is 14.7. The average molecular weight is 566 g/mol. The van der Waals surface area contributed by atoms with E-state index < -0.39 is 0 Å². The number of fused-ring (bicyclic) bond motifs is 1. The Morgan fingerprint density at radius 2 is 1.58 bits per heavy atom. The van der Waals surface area contributed by atoms with Crippen LogP contribution in [-0.2, 0) is 24.5 Å². The number of carbonyl (C=O) groups excluding carboxylic acids is 1. The van der Waals surface area contributed by atoms with Crippen LogP contribution in [0.25, 0.3) is 10.9 Å². The smallest absolute Gasteiger partial charge is 0.221 e. The van der Waals surface area contributed by atoms with Crippen molar-refractivity contribution < 1.29 is 9.53 Å². The molecule has 0 aliphatic carbocycles. The second-order valence-corrected chi connectivity index (χ2v) is 11.0. The maximum Gasteiger partial charge on any atom is 0.221 e. The number of carbonyl (C=O) groups is 1. The van der Waals surface area contributed by atoms with Crippen LogP contribution < -0.4 is 10.1 Å². The van der Waals surface area contributed by atoms with Gasteiger partial charge in [0.2, 0.25) is 5.91 Å². The molecule has 0 saturated heterocycles. The summed E-state index contributed by atoms with van der Waals surface area (Å²) in [5.41, 5.74) is 7.93. The van der Waals surface area contributed by atoms with Crippen LogP contribution in [0.2, 0.25) is 0 Å². The SMILES string of the molecule is Cc1ccc(Cn2cc([C@H](CC(=O)NCc3ccncc3)c3cccc(OCc4ccccc4)c3)c3ccccc32)cc1. The van der Waals surface area contributed by atoms with Gasteiger partial charge in [0.1, 0.15) is 12.4 Å². The molecule has 6 rings (SSSR count). The molecular formula is C38H35N3O2. The van der Waals surface area contributed by atoms with E-state index in [0.29, 0.717) is 19.6 Å². The number of nitrogens with one attached hydrogen (secondary N) is 1. The Morgan fingerprint density at radius 1 is 0.814 bits per heavy atom. The maximum atomic E-state index is 13.5. The van der Waals surface area contributed by atoms with Crippen molar-refractivity contribution in [3.8, 4) is 5.75 Å². The summed E-state index contributed by atoms with van der Waals surface area (Å²) in [4.78, 5) is 17.6. The highest BCUT2D eigenvalue weighted by molar-refractivity contribution is 5.87. The lowest BCUT2D eigenvalue weighted by atomic mass is 9.88. The van der Waals surface area contributed by atoms with E-state index in [4.69, 9.17) is 4.74 Å². The van der Waals surface area contributed by atoms with E-state index >= 15 is 0 Å². The summed E-state index contributed by atoms with van der Waals surface area (Å²) >= 11 is 0. The second kappa shape index (κ2) is 13.2. The number of para-hydroxylation sites is 1. The van der Waals surface area contributed by atoms with Crippen molar-refractivity contribution in [2.45, 2.75) is 39.0 Å². The molecule has 1 atom stereocenters. The number of hydrogen-bond acceptors (Lipinski definition) is 3. The molecule has 0 aliphatic heterocycles. The molecule has 43 heavy (non-hydrogen) atoms. The van der Waals surface area contributed by atoms with Crippen molar-refractivity contribution in [1.29, 1.82) is 0 Å². The standard InChI is InChI=1S/C38H35N3O2/c1-28-14-16-30(17-15-28)25-41-26-36(34-12-5-6-13-37(34)41)35(23-38(42)40-24-29-18-20-39-21-19-29)32-10-7-11-33(22-32)43-27-31-8-3-2-4-9-31/h2-22,26,35H,23-25,27H2,1H3,(H,40,42)/t35-/m1/s1. The Kier molecular flexibility index (Phi) is 8.60. The van der Waals surface area contributed by atoms with Gasteiger partial charge >= 0.3 is 0 Å². The van der Waals surface area contributed by atoms with Gasteiger partial charge in [0.25, 0.3) is 0 Å². The number of ether oxygens (including phenoxy) is 1. The lowest BCUT2D eigenvalue weighted by molar-refractivity contribution is -0.121. The third-order valence-corrected chi connectivity index (χ3v) is 7.81. The van der Waals surface area contributed by atoms with Gasteiger partial charge in [0, 0.05) is 54.9 Å². The Labute approximate surface area is 252 Å². The first-order chi connectivity index (χ1) is 21.1. The van der Waals surface area contributed by atoms with Gasteiger partial charge in [-0.1, -0.05) is 90.5 Å². The summed E-state index contributed by atoms with van der Waals surface area (Å²) < 4.78 is 8.50. The normalized spacial score (nSPS) is 11.7. The minimum absolute atomic E-state index is 0.00668. The van der Waals surface area contributed by atoms with E-state index in [1.165, 1.54) is 11.1 Å².